The van der Waals surface area contributed by atoms with Gasteiger partial charge in [-0.05, 0) is 51.5 Å². The van der Waals surface area contributed by atoms with Gasteiger partial charge in [0.25, 0.3) is 0 Å². The molecule has 1 saturated heterocycles. The van der Waals surface area contributed by atoms with E-state index in [0.717, 1.165) is 51.9 Å². The van der Waals surface area contributed by atoms with Gasteiger partial charge < -0.3 is 19.9 Å². The minimum absolute atomic E-state index is 0.120. The van der Waals surface area contributed by atoms with Gasteiger partial charge in [0.15, 0.2) is 0 Å². The molecule has 1 heterocycles. The predicted molar refractivity (Wildman–Crippen MR) is 75.3 cm³/mol. The molecule has 1 saturated carbocycles. The average Bonchev–Trinajstić information content (AvgIpc) is 2.47. The first-order valence-corrected chi connectivity index (χ1v) is 7.87. The van der Waals surface area contributed by atoms with Crippen LogP contribution in [0.1, 0.15) is 51.9 Å². The fourth-order valence-electron chi connectivity index (χ4n) is 3.37. The van der Waals surface area contributed by atoms with Gasteiger partial charge in [-0.3, -0.25) is 0 Å². The normalized spacial score (nSPS) is 36.3. The summed E-state index contributed by atoms with van der Waals surface area (Å²) >= 11 is 0. The molecule has 1 aliphatic carbocycles. The highest BCUT2D eigenvalue weighted by molar-refractivity contribution is 4.93. The Morgan fingerprint density at radius 3 is 2.89 bits per heavy atom. The third-order valence-corrected chi connectivity index (χ3v) is 4.45. The topological polar surface area (TPSA) is 50.7 Å². The van der Waals surface area contributed by atoms with E-state index in [1.807, 2.05) is 0 Å². The zero-order valence-electron chi connectivity index (χ0n) is 12.2. The van der Waals surface area contributed by atoms with E-state index >= 15 is 0 Å². The number of aliphatic hydroxyl groups is 1. The molecule has 1 aliphatic heterocycles. The Bertz CT molecular complexity index is 252. The van der Waals surface area contributed by atoms with Gasteiger partial charge >= 0.3 is 0 Å². The molecule has 2 aliphatic rings. The van der Waals surface area contributed by atoms with Gasteiger partial charge in [-0.2, -0.15) is 0 Å². The lowest BCUT2D eigenvalue weighted by atomic mass is 9.80. The fourth-order valence-corrected chi connectivity index (χ4v) is 3.37. The number of hydrogen-bond acceptors (Lipinski definition) is 4. The summed E-state index contributed by atoms with van der Waals surface area (Å²) in [5, 5.41) is 13.1. The quantitative estimate of drug-likeness (QED) is 0.774. The summed E-state index contributed by atoms with van der Waals surface area (Å²) in [5.41, 5.74) is -0.120. The average molecular weight is 271 g/mol. The minimum Gasteiger partial charge on any atom is -0.394 e. The lowest BCUT2D eigenvalue weighted by Gasteiger charge is -2.40. The Balaban J connectivity index is 1.76. The smallest absolute Gasteiger partial charge is 0.0808 e. The summed E-state index contributed by atoms with van der Waals surface area (Å²) in [6.07, 6.45) is 8.35. The van der Waals surface area contributed by atoms with Crippen molar-refractivity contribution in [2.75, 3.05) is 26.4 Å². The third-order valence-electron chi connectivity index (χ3n) is 4.45. The SMILES string of the molecule is CCNC1(CO)CCCC(OCC2CCCCO2)C1. The van der Waals surface area contributed by atoms with Crippen molar-refractivity contribution in [3.05, 3.63) is 0 Å². The van der Waals surface area contributed by atoms with Crippen molar-refractivity contribution < 1.29 is 14.6 Å². The molecule has 3 atom stereocenters. The third kappa shape index (κ3) is 4.42. The standard InChI is InChI=1S/C15H29NO3/c1-2-16-15(12-17)8-5-7-13(10-15)19-11-14-6-3-4-9-18-14/h13-14,16-17H,2-12H2,1H3. The summed E-state index contributed by atoms with van der Waals surface area (Å²) in [5.74, 6) is 0. The molecular weight excluding hydrogens is 242 g/mol. The number of nitrogens with one attached hydrogen (secondary N) is 1. The van der Waals surface area contributed by atoms with Crippen LogP contribution in [0, 0.1) is 0 Å². The van der Waals surface area contributed by atoms with Crippen LogP contribution in [-0.2, 0) is 9.47 Å². The van der Waals surface area contributed by atoms with E-state index in [0.29, 0.717) is 6.10 Å². The van der Waals surface area contributed by atoms with Gasteiger partial charge in [-0.1, -0.05) is 6.92 Å². The molecule has 0 aromatic rings. The first-order valence-electron chi connectivity index (χ1n) is 7.87. The van der Waals surface area contributed by atoms with Crippen molar-refractivity contribution in [3.8, 4) is 0 Å². The maximum Gasteiger partial charge on any atom is 0.0808 e. The zero-order valence-corrected chi connectivity index (χ0v) is 12.2. The van der Waals surface area contributed by atoms with Gasteiger partial charge in [0.1, 0.15) is 0 Å². The van der Waals surface area contributed by atoms with Gasteiger partial charge in [0, 0.05) is 12.1 Å². The molecule has 0 radical (unpaired) electrons. The van der Waals surface area contributed by atoms with Crippen LogP contribution in [0.2, 0.25) is 0 Å². The second kappa shape index (κ2) is 7.58. The lowest BCUT2D eigenvalue weighted by Crippen LogP contribution is -2.53. The Morgan fingerprint density at radius 2 is 2.21 bits per heavy atom. The molecule has 0 bridgehead atoms. The van der Waals surface area contributed by atoms with E-state index in [1.54, 1.807) is 0 Å². The minimum atomic E-state index is -0.120. The van der Waals surface area contributed by atoms with Crippen LogP contribution in [-0.4, -0.2) is 49.2 Å². The predicted octanol–water partition coefficient (Wildman–Crippen LogP) is 1.86. The van der Waals surface area contributed by atoms with Crippen molar-refractivity contribution >= 4 is 0 Å². The summed E-state index contributed by atoms with van der Waals surface area (Å²) in [4.78, 5) is 0. The van der Waals surface area contributed by atoms with Crippen molar-refractivity contribution in [3.63, 3.8) is 0 Å². The number of ether oxygens (including phenoxy) is 2. The molecule has 0 aromatic carbocycles. The molecule has 0 aromatic heterocycles. The van der Waals surface area contributed by atoms with Crippen molar-refractivity contribution in [2.45, 2.75) is 69.6 Å². The van der Waals surface area contributed by atoms with Crippen LogP contribution in [0.15, 0.2) is 0 Å². The van der Waals surface area contributed by atoms with E-state index in [1.165, 1.54) is 12.8 Å². The summed E-state index contributed by atoms with van der Waals surface area (Å²) < 4.78 is 11.8. The molecule has 4 nitrogen and oxygen atoms in total. The Kier molecular flexibility index (Phi) is 6.07. The molecule has 2 fully saturated rings. The molecule has 4 heteroatoms. The van der Waals surface area contributed by atoms with Crippen molar-refractivity contribution in [2.24, 2.45) is 0 Å². The highest BCUT2D eigenvalue weighted by Gasteiger charge is 2.35. The van der Waals surface area contributed by atoms with Crippen LogP contribution in [0.25, 0.3) is 0 Å². The molecule has 112 valence electrons. The lowest BCUT2D eigenvalue weighted by molar-refractivity contribution is -0.0818. The zero-order chi connectivity index (χ0) is 13.6. The molecule has 0 spiro atoms. The second-order valence-corrected chi connectivity index (χ2v) is 6.01. The van der Waals surface area contributed by atoms with E-state index in [4.69, 9.17) is 9.47 Å². The Morgan fingerprint density at radius 1 is 1.32 bits per heavy atom. The van der Waals surface area contributed by atoms with Crippen LogP contribution in [0.4, 0.5) is 0 Å². The number of rotatable bonds is 6. The van der Waals surface area contributed by atoms with E-state index < -0.39 is 0 Å². The van der Waals surface area contributed by atoms with Gasteiger partial charge in [-0.15, -0.1) is 0 Å². The molecule has 19 heavy (non-hydrogen) atoms. The van der Waals surface area contributed by atoms with Crippen LogP contribution >= 0.6 is 0 Å². The van der Waals surface area contributed by atoms with E-state index in [2.05, 4.69) is 12.2 Å². The molecule has 0 amide bonds. The molecule has 2 N–H and O–H groups in total. The molecular formula is C15H29NO3. The Labute approximate surface area is 116 Å². The summed E-state index contributed by atoms with van der Waals surface area (Å²) in [7, 11) is 0. The summed E-state index contributed by atoms with van der Waals surface area (Å²) in [6.45, 7) is 4.81. The number of aliphatic hydroxyl groups excluding tert-OH is 1. The van der Waals surface area contributed by atoms with Gasteiger partial charge in [0.2, 0.25) is 0 Å². The maximum absolute atomic E-state index is 9.66. The second-order valence-electron chi connectivity index (χ2n) is 6.01. The first kappa shape index (κ1) is 15.2. The van der Waals surface area contributed by atoms with Crippen molar-refractivity contribution in [1.82, 2.24) is 5.32 Å². The van der Waals surface area contributed by atoms with Crippen LogP contribution < -0.4 is 5.32 Å². The fraction of sp³-hybridized carbons (Fsp3) is 1.00. The highest BCUT2D eigenvalue weighted by atomic mass is 16.5. The summed E-state index contributed by atoms with van der Waals surface area (Å²) in [6, 6.07) is 0. The van der Waals surface area contributed by atoms with Crippen LogP contribution in [0.3, 0.4) is 0 Å². The van der Waals surface area contributed by atoms with Crippen LogP contribution in [0.5, 0.6) is 0 Å². The van der Waals surface area contributed by atoms with Crippen molar-refractivity contribution in [1.29, 1.82) is 0 Å². The maximum atomic E-state index is 9.66. The van der Waals surface area contributed by atoms with Gasteiger partial charge in [0.05, 0.1) is 25.4 Å². The molecule has 3 unspecified atom stereocenters. The molecule has 2 rings (SSSR count). The monoisotopic (exact) mass is 271 g/mol. The number of likely N-dealkylation sites (N-methyl/N-ethyl adjacent to an activating group) is 1. The first-order chi connectivity index (χ1) is 9.28. The Hall–Kier alpha value is -0.160. The highest BCUT2D eigenvalue weighted by Crippen LogP contribution is 2.30. The van der Waals surface area contributed by atoms with Gasteiger partial charge in [-0.25, -0.2) is 0 Å². The van der Waals surface area contributed by atoms with E-state index in [9.17, 15) is 5.11 Å². The number of hydrogen-bond donors (Lipinski definition) is 2. The van der Waals surface area contributed by atoms with E-state index in [-0.39, 0.29) is 18.2 Å². The largest absolute Gasteiger partial charge is 0.394 e.